The zero-order valence-electron chi connectivity index (χ0n) is 14.8. The van der Waals surface area contributed by atoms with Crippen molar-refractivity contribution in [3.63, 3.8) is 0 Å². The predicted octanol–water partition coefficient (Wildman–Crippen LogP) is 2.24. The van der Waals surface area contributed by atoms with Crippen molar-refractivity contribution in [2.24, 2.45) is 0 Å². The van der Waals surface area contributed by atoms with E-state index in [-0.39, 0.29) is 30.3 Å². The van der Waals surface area contributed by atoms with E-state index in [1.807, 2.05) is 0 Å². The number of nitrogens with one attached hydrogen (secondary N) is 2. The highest BCUT2D eigenvalue weighted by atomic mass is 35.5. The first-order chi connectivity index (χ1) is 12.1. The Bertz CT molecular complexity index is 603. The van der Waals surface area contributed by atoms with Gasteiger partial charge in [0, 0.05) is 43.3 Å². The summed E-state index contributed by atoms with van der Waals surface area (Å²) in [5, 5.41) is 6.09. The lowest BCUT2D eigenvalue weighted by atomic mass is 10.1. The molecule has 0 aliphatic carbocycles. The third kappa shape index (κ3) is 6.63. The molecule has 1 aromatic rings. The van der Waals surface area contributed by atoms with E-state index < -0.39 is 0 Å². The number of rotatable bonds is 8. The van der Waals surface area contributed by atoms with Crippen LogP contribution >= 0.6 is 12.4 Å². The molecule has 1 heterocycles. The summed E-state index contributed by atoms with van der Waals surface area (Å²) in [6, 6.07) is 6.92. The number of hydrogen-bond acceptors (Lipinski definition) is 4. The van der Waals surface area contributed by atoms with Gasteiger partial charge in [-0.25, -0.2) is 0 Å². The van der Waals surface area contributed by atoms with E-state index >= 15 is 0 Å². The van der Waals surface area contributed by atoms with E-state index in [9.17, 15) is 9.59 Å². The lowest BCUT2D eigenvalue weighted by Crippen LogP contribution is -2.43. The standard InChI is InChI=1S/C19H25N3O3.ClH/c1-3-10-22(11-4-2)19(24)15-5-7-16(8-6-15)21-18(23)13-17-14-25-12-9-20-17;/h3-8,17,20H,1-2,9-14H2,(H,21,23);1H. The molecule has 2 amide bonds. The van der Waals surface area contributed by atoms with Crippen LogP contribution in [0.3, 0.4) is 0 Å². The van der Waals surface area contributed by atoms with Crippen LogP contribution in [0, 0.1) is 0 Å². The quantitative estimate of drug-likeness (QED) is 0.679. The zero-order valence-corrected chi connectivity index (χ0v) is 15.6. The number of benzene rings is 1. The van der Waals surface area contributed by atoms with Crippen LogP contribution in [-0.4, -0.2) is 55.6 Å². The molecule has 2 N–H and O–H groups in total. The van der Waals surface area contributed by atoms with Gasteiger partial charge in [0.05, 0.1) is 13.2 Å². The van der Waals surface area contributed by atoms with E-state index in [0.717, 1.165) is 6.54 Å². The monoisotopic (exact) mass is 379 g/mol. The summed E-state index contributed by atoms with van der Waals surface area (Å²) in [6.07, 6.45) is 3.71. The molecular formula is C19H26ClN3O3. The number of carbonyl (C=O) groups excluding carboxylic acids is 2. The van der Waals surface area contributed by atoms with Crippen LogP contribution in [0.15, 0.2) is 49.6 Å². The second kappa shape index (κ2) is 11.5. The highest BCUT2D eigenvalue weighted by molar-refractivity contribution is 5.96. The maximum absolute atomic E-state index is 12.4. The van der Waals surface area contributed by atoms with Gasteiger partial charge in [-0.2, -0.15) is 0 Å². The Labute approximate surface area is 160 Å². The molecular weight excluding hydrogens is 354 g/mol. The third-order valence-electron chi connectivity index (χ3n) is 3.83. The average Bonchev–Trinajstić information content (AvgIpc) is 2.62. The summed E-state index contributed by atoms with van der Waals surface area (Å²) in [5.74, 6) is -0.178. The van der Waals surface area contributed by atoms with Crippen molar-refractivity contribution in [3.05, 3.63) is 55.1 Å². The molecule has 0 spiro atoms. The van der Waals surface area contributed by atoms with Crippen LogP contribution in [0.2, 0.25) is 0 Å². The SMILES string of the molecule is C=CCN(CC=C)C(=O)c1ccc(NC(=O)CC2COCCN2)cc1.Cl. The zero-order chi connectivity index (χ0) is 18.1. The summed E-state index contributed by atoms with van der Waals surface area (Å²) in [4.78, 5) is 26.2. The Morgan fingerprint density at radius 3 is 2.42 bits per heavy atom. The molecule has 0 aromatic heterocycles. The average molecular weight is 380 g/mol. The van der Waals surface area contributed by atoms with Gasteiger partial charge in [0.25, 0.3) is 5.91 Å². The Balaban J connectivity index is 0.00000338. The molecule has 1 aliphatic rings. The fourth-order valence-corrected chi connectivity index (χ4v) is 2.62. The maximum atomic E-state index is 12.4. The largest absolute Gasteiger partial charge is 0.378 e. The summed E-state index contributed by atoms with van der Waals surface area (Å²) in [7, 11) is 0. The molecule has 1 atom stereocenters. The van der Waals surface area contributed by atoms with Crippen LogP contribution in [-0.2, 0) is 9.53 Å². The second-order valence-corrected chi connectivity index (χ2v) is 5.84. The number of carbonyl (C=O) groups is 2. The van der Waals surface area contributed by atoms with E-state index in [2.05, 4.69) is 23.8 Å². The van der Waals surface area contributed by atoms with Crippen molar-refractivity contribution >= 4 is 29.9 Å². The molecule has 1 unspecified atom stereocenters. The Morgan fingerprint density at radius 2 is 1.88 bits per heavy atom. The number of ether oxygens (including phenoxy) is 1. The molecule has 1 fully saturated rings. The lowest BCUT2D eigenvalue weighted by molar-refractivity contribution is -0.117. The first kappa shape index (κ1) is 21.9. The molecule has 6 nitrogen and oxygen atoms in total. The van der Waals surface area contributed by atoms with E-state index in [1.54, 1.807) is 41.3 Å². The highest BCUT2D eigenvalue weighted by Crippen LogP contribution is 2.13. The molecule has 0 radical (unpaired) electrons. The normalized spacial score (nSPS) is 16.1. The molecule has 142 valence electrons. The van der Waals surface area contributed by atoms with Gasteiger partial charge in [0.2, 0.25) is 5.91 Å². The van der Waals surface area contributed by atoms with Gasteiger partial charge in [0.1, 0.15) is 0 Å². The fourth-order valence-electron chi connectivity index (χ4n) is 2.62. The molecule has 2 rings (SSSR count). The second-order valence-electron chi connectivity index (χ2n) is 5.84. The van der Waals surface area contributed by atoms with Gasteiger partial charge in [-0.1, -0.05) is 12.2 Å². The molecule has 1 saturated heterocycles. The number of amides is 2. The Morgan fingerprint density at radius 1 is 1.23 bits per heavy atom. The van der Waals surface area contributed by atoms with Crippen LogP contribution in [0.1, 0.15) is 16.8 Å². The molecule has 1 aromatic carbocycles. The van der Waals surface area contributed by atoms with Crippen molar-refractivity contribution in [1.82, 2.24) is 10.2 Å². The van der Waals surface area contributed by atoms with E-state index in [1.165, 1.54) is 0 Å². The third-order valence-corrected chi connectivity index (χ3v) is 3.83. The smallest absolute Gasteiger partial charge is 0.254 e. The van der Waals surface area contributed by atoms with Crippen molar-refractivity contribution in [1.29, 1.82) is 0 Å². The van der Waals surface area contributed by atoms with Gasteiger partial charge < -0.3 is 20.3 Å². The first-order valence-corrected chi connectivity index (χ1v) is 8.36. The molecule has 1 aliphatic heterocycles. The molecule has 0 bridgehead atoms. The number of halogens is 1. The van der Waals surface area contributed by atoms with Crippen molar-refractivity contribution < 1.29 is 14.3 Å². The molecule has 26 heavy (non-hydrogen) atoms. The Kier molecular flexibility index (Phi) is 9.65. The van der Waals surface area contributed by atoms with E-state index in [4.69, 9.17) is 4.74 Å². The van der Waals surface area contributed by atoms with Crippen molar-refractivity contribution in [2.75, 3.05) is 38.2 Å². The lowest BCUT2D eigenvalue weighted by Gasteiger charge is -2.23. The minimum Gasteiger partial charge on any atom is -0.378 e. The summed E-state index contributed by atoms with van der Waals surface area (Å²) in [6.45, 7) is 10.2. The van der Waals surface area contributed by atoms with E-state index in [0.29, 0.717) is 44.0 Å². The van der Waals surface area contributed by atoms with Gasteiger partial charge in [-0.15, -0.1) is 25.6 Å². The summed E-state index contributed by atoms with van der Waals surface area (Å²) < 4.78 is 5.34. The molecule has 0 saturated carbocycles. The fraction of sp³-hybridized carbons (Fsp3) is 0.368. The topological polar surface area (TPSA) is 70.7 Å². The van der Waals surface area contributed by atoms with Crippen molar-refractivity contribution in [2.45, 2.75) is 12.5 Å². The first-order valence-electron chi connectivity index (χ1n) is 8.36. The van der Waals surface area contributed by atoms with Crippen molar-refractivity contribution in [3.8, 4) is 0 Å². The minimum absolute atomic E-state index is 0. The Hall–Kier alpha value is -2.15. The summed E-state index contributed by atoms with van der Waals surface area (Å²) in [5.41, 5.74) is 1.22. The van der Waals surface area contributed by atoms with Gasteiger partial charge >= 0.3 is 0 Å². The molecule has 7 heteroatoms. The van der Waals surface area contributed by atoms with Crippen LogP contribution < -0.4 is 10.6 Å². The number of hydrogen-bond donors (Lipinski definition) is 2. The van der Waals surface area contributed by atoms with Gasteiger partial charge in [-0.05, 0) is 24.3 Å². The predicted molar refractivity (Wildman–Crippen MR) is 106 cm³/mol. The number of morpholine rings is 1. The van der Waals surface area contributed by atoms with Crippen LogP contribution in [0.25, 0.3) is 0 Å². The summed E-state index contributed by atoms with van der Waals surface area (Å²) >= 11 is 0. The van der Waals surface area contributed by atoms with Gasteiger partial charge in [0.15, 0.2) is 0 Å². The van der Waals surface area contributed by atoms with Crippen LogP contribution in [0.5, 0.6) is 0 Å². The number of nitrogens with zero attached hydrogens (tertiary/aromatic N) is 1. The minimum atomic E-state index is -0.0961. The highest BCUT2D eigenvalue weighted by Gasteiger charge is 2.17. The van der Waals surface area contributed by atoms with Crippen LogP contribution in [0.4, 0.5) is 5.69 Å². The number of anilines is 1. The maximum Gasteiger partial charge on any atom is 0.254 e. The van der Waals surface area contributed by atoms with Gasteiger partial charge in [-0.3, -0.25) is 9.59 Å².